The first kappa shape index (κ1) is 14.9. The number of allylic oxidation sites excluding steroid dienone is 3. The van der Waals surface area contributed by atoms with Gasteiger partial charge in [0.1, 0.15) is 11.5 Å². The zero-order chi connectivity index (χ0) is 15.4. The Hall–Kier alpha value is -2.48. The molecule has 0 aliphatic heterocycles. The molecular formula is C19H20O2. The second kappa shape index (κ2) is 6.31. The highest BCUT2D eigenvalue weighted by Gasteiger charge is 2.15. The molecule has 108 valence electrons. The van der Waals surface area contributed by atoms with Gasteiger partial charge in [0.2, 0.25) is 0 Å². The number of hydrogen-bond donors (Lipinski definition) is 2. The summed E-state index contributed by atoms with van der Waals surface area (Å²) in [6.45, 7) is 11.2. The predicted octanol–water partition coefficient (Wildman–Crippen LogP) is 4.44. The van der Waals surface area contributed by atoms with E-state index in [0.29, 0.717) is 19.3 Å². The average Bonchev–Trinajstić information content (AvgIpc) is 2.47. The largest absolute Gasteiger partial charge is 0.508 e. The third kappa shape index (κ3) is 2.70. The van der Waals surface area contributed by atoms with E-state index in [-0.39, 0.29) is 11.5 Å². The van der Waals surface area contributed by atoms with E-state index in [9.17, 15) is 10.2 Å². The monoisotopic (exact) mass is 280 g/mol. The highest BCUT2D eigenvalue weighted by Crippen LogP contribution is 2.37. The van der Waals surface area contributed by atoms with Crippen molar-refractivity contribution in [1.82, 2.24) is 0 Å². The minimum atomic E-state index is 0.252. The molecule has 0 atom stereocenters. The van der Waals surface area contributed by atoms with Crippen LogP contribution in [0.1, 0.15) is 16.7 Å². The lowest BCUT2D eigenvalue weighted by Gasteiger charge is -2.15. The van der Waals surface area contributed by atoms with Gasteiger partial charge in [-0.25, -0.2) is 0 Å². The first-order valence-corrected chi connectivity index (χ1v) is 6.95. The average molecular weight is 280 g/mol. The van der Waals surface area contributed by atoms with Gasteiger partial charge in [-0.15, -0.1) is 19.7 Å². The lowest BCUT2D eigenvalue weighted by Crippen LogP contribution is -1.95. The molecular weight excluding hydrogens is 260 g/mol. The van der Waals surface area contributed by atoms with Crippen molar-refractivity contribution in [3.63, 3.8) is 0 Å². The molecule has 0 unspecified atom stereocenters. The van der Waals surface area contributed by atoms with Crippen LogP contribution in [-0.2, 0) is 19.3 Å². The Kier molecular flexibility index (Phi) is 4.49. The van der Waals surface area contributed by atoms with Crippen molar-refractivity contribution >= 4 is 10.8 Å². The van der Waals surface area contributed by atoms with Gasteiger partial charge in [0.05, 0.1) is 0 Å². The van der Waals surface area contributed by atoms with E-state index < -0.39 is 0 Å². The van der Waals surface area contributed by atoms with E-state index in [1.54, 1.807) is 24.3 Å². The van der Waals surface area contributed by atoms with Crippen molar-refractivity contribution in [3.8, 4) is 11.5 Å². The number of hydrogen-bond acceptors (Lipinski definition) is 2. The van der Waals surface area contributed by atoms with Crippen LogP contribution in [-0.4, -0.2) is 10.2 Å². The second-order valence-electron chi connectivity index (χ2n) is 5.00. The number of phenolic OH excluding ortho intramolecular Hbond substituents is 2. The first-order valence-electron chi connectivity index (χ1n) is 6.95. The molecule has 2 rings (SSSR count). The van der Waals surface area contributed by atoms with Crippen LogP contribution in [0, 0.1) is 0 Å². The Morgan fingerprint density at radius 1 is 0.810 bits per heavy atom. The number of phenols is 2. The topological polar surface area (TPSA) is 40.5 Å². The van der Waals surface area contributed by atoms with Crippen molar-refractivity contribution < 1.29 is 10.2 Å². The summed E-state index contributed by atoms with van der Waals surface area (Å²) in [6, 6.07) is 5.44. The highest BCUT2D eigenvalue weighted by atomic mass is 16.3. The molecule has 0 radical (unpaired) electrons. The van der Waals surface area contributed by atoms with Gasteiger partial charge in [0.15, 0.2) is 0 Å². The quantitative estimate of drug-likeness (QED) is 0.768. The van der Waals surface area contributed by atoms with Crippen molar-refractivity contribution in [2.45, 2.75) is 19.3 Å². The van der Waals surface area contributed by atoms with Crippen molar-refractivity contribution in [2.75, 3.05) is 0 Å². The molecule has 2 aromatic rings. The molecule has 0 aliphatic carbocycles. The van der Waals surface area contributed by atoms with E-state index in [1.807, 2.05) is 12.1 Å². The van der Waals surface area contributed by atoms with Crippen molar-refractivity contribution in [2.24, 2.45) is 0 Å². The molecule has 0 fully saturated rings. The fraction of sp³-hybridized carbons (Fsp3) is 0.158. The molecule has 0 aliphatic rings. The lowest BCUT2D eigenvalue weighted by molar-refractivity contribution is 0.464. The van der Waals surface area contributed by atoms with Gasteiger partial charge in [-0.1, -0.05) is 24.3 Å². The summed E-state index contributed by atoms with van der Waals surface area (Å²) in [5.74, 6) is 0.541. The molecule has 0 spiro atoms. The molecule has 21 heavy (non-hydrogen) atoms. The van der Waals surface area contributed by atoms with E-state index in [2.05, 4.69) is 19.7 Å². The third-order valence-electron chi connectivity index (χ3n) is 3.63. The Labute approximate surface area is 125 Å². The summed E-state index contributed by atoms with van der Waals surface area (Å²) in [7, 11) is 0. The smallest absolute Gasteiger partial charge is 0.123 e. The minimum Gasteiger partial charge on any atom is -0.508 e. The van der Waals surface area contributed by atoms with Crippen LogP contribution in [0.5, 0.6) is 11.5 Å². The summed E-state index contributed by atoms with van der Waals surface area (Å²) in [5.41, 5.74) is 2.48. The molecule has 2 aromatic carbocycles. The maximum atomic E-state index is 10.5. The van der Waals surface area contributed by atoms with E-state index in [0.717, 1.165) is 27.5 Å². The number of benzene rings is 2. The Morgan fingerprint density at radius 3 is 2.05 bits per heavy atom. The van der Waals surface area contributed by atoms with Gasteiger partial charge < -0.3 is 10.2 Å². The predicted molar refractivity (Wildman–Crippen MR) is 89.0 cm³/mol. The van der Waals surface area contributed by atoms with Gasteiger partial charge in [0, 0.05) is 11.1 Å². The molecule has 0 saturated carbocycles. The van der Waals surface area contributed by atoms with Crippen LogP contribution in [0.25, 0.3) is 10.8 Å². The zero-order valence-corrected chi connectivity index (χ0v) is 12.1. The summed E-state index contributed by atoms with van der Waals surface area (Å²) in [5, 5.41) is 22.4. The van der Waals surface area contributed by atoms with Crippen LogP contribution in [0.3, 0.4) is 0 Å². The molecule has 0 amide bonds. The van der Waals surface area contributed by atoms with Gasteiger partial charge >= 0.3 is 0 Å². The molecule has 2 N–H and O–H groups in total. The molecule has 0 saturated heterocycles. The zero-order valence-electron chi connectivity index (χ0n) is 12.1. The summed E-state index contributed by atoms with van der Waals surface area (Å²) < 4.78 is 0. The summed E-state index contributed by atoms with van der Waals surface area (Å²) in [6.07, 6.45) is 7.03. The Balaban J connectivity index is 2.87. The van der Waals surface area contributed by atoms with Gasteiger partial charge in [-0.2, -0.15) is 0 Å². The van der Waals surface area contributed by atoms with Crippen molar-refractivity contribution in [3.05, 3.63) is 72.9 Å². The first-order chi connectivity index (χ1) is 10.1. The van der Waals surface area contributed by atoms with Crippen molar-refractivity contribution in [1.29, 1.82) is 0 Å². The Morgan fingerprint density at radius 2 is 1.43 bits per heavy atom. The number of aromatic hydroxyl groups is 2. The Bertz CT molecular complexity index is 711. The van der Waals surface area contributed by atoms with E-state index >= 15 is 0 Å². The van der Waals surface area contributed by atoms with Crippen LogP contribution >= 0.6 is 0 Å². The van der Waals surface area contributed by atoms with Crippen LogP contribution < -0.4 is 0 Å². The molecule has 0 bridgehead atoms. The van der Waals surface area contributed by atoms with Gasteiger partial charge in [0.25, 0.3) is 0 Å². The molecule has 0 aromatic heterocycles. The maximum absolute atomic E-state index is 10.5. The van der Waals surface area contributed by atoms with Crippen LogP contribution in [0.15, 0.2) is 56.2 Å². The standard InChI is InChI=1S/C19H20O2/c1-4-7-13-12-17-14(16(9-6-3)19(13)21)10-11-18(20)15(17)8-5-2/h4-6,10-12,20-21H,1-3,7-9H2. The highest BCUT2D eigenvalue weighted by molar-refractivity contribution is 5.93. The summed E-state index contributed by atoms with van der Waals surface area (Å²) >= 11 is 0. The fourth-order valence-corrected chi connectivity index (χ4v) is 2.67. The second-order valence-corrected chi connectivity index (χ2v) is 5.00. The fourth-order valence-electron chi connectivity index (χ4n) is 2.67. The molecule has 2 heteroatoms. The van der Waals surface area contributed by atoms with Crippen LogP contribution in [0.4, 0.5) is 0 Å². The number of fused-ring (bicyclic) bond motifs is 1. The van der Waals surface area contributed by atoms with E-state index in [1.165, 1.54) is 0 Å². The maximum Gasteiger partial charge on any atom is 0.123 e. The van der Waals surface area contributed by atoms with Gasteiger partial charge in [-0.3, -0.25) is 0 Å². The minimum absolute atomic E-state index is 0.252. The normalized spacial score (nSPS) is 10.5. The summed E-state index contributed by atoms with van der Waals surface area (Å²) in [4.78, 5) is 0. The SMILES string of the molecule is C=CCc1cc2c(CC=C)c(O)ccc2c(CC=C)c1O. The third-order valence-corrected chi connectivity index (χ3v) is 3.63. The lowest BCUT2D eigenvalue weighted by atomic mass is 9.92. The number of rotatable bonds is 6. The van der Waals surface area contributed by atoms with Crippen LogP contribution in [0.2, 0.25) is 0 Å². The molecule has 0 heterocycles. The molecule has 2 nitrogen and oxygen atoms in total. The van der Waals surface area contributed by atoms with E-state index in [4.69, 9.17) is 0 Å². The van der Waals surface area contributed by atoms with Gasteiger partial charge in [-0.05, 0) is 47.7 Å².